The van der Waals surface area contributed by atoms with E-state index in [1.165, 1.54) is 24.0 Å². The highest BCUT2D eigenvalue weighted by Gasteiger charge is 2.27. The maximum Gasteiger partial charge on any atom is 0.341 e. The second-order valence-corrected chi connectivity index (χ2v) is 7.91. The smallest absolute Gasteiger partial charge is 0.341 e. The van der Waals surface area contributed by atoms with Crippen molar-refractivity contribution in [1.82, 2.24) is 9.47 Å². The highest BCUT2D eigenvalue weighted by atomic mass is 19.1. The van der Waals surface area contributed by atoms with Crippen LogP contribution in [-0.2, 0) is 4.79 Å². The van der Waals surface area contributed by atoms with Crippen LogP contribution in [0, 0.1) is 17.5 Å². The number of carbonyl (C=O) groups is 2. The number of fused-ring (bicyclic) bond motifs is 1. The van der Waals surface area contributed by atoms with Gasteiger partial charge in [0.15, 0.2) is 5.82 Å². The number of benzene rings is 2. The number of pyridine rings is 1. The predicted octanol–water partition coefficient (Wildman–Crippen LogP) is 2.82. The van der Waals surface area contributed by atoms with Gasteiger partial charge in [0.05, 0.1) is 17.4 Å². The normalized spacial score (nSPS) is 14.6. The van der Waals surface area contributed by atoms with Crippen molar-refractivity contribution in [3.63, 3.8) is 0 Å². The van der Waals surface area contributed by atoms with E-state index in [0.29, 0.717) is 13.1 Å². The summed E-state index contributed by atoms with van der Waals surface area (Å²) in [6.07, 6.45) is 0.954. The molecule has 0 atom stereocenters. The minimum Gasteiger partial charge on any atom is -0.477 e. The fourth-order valence-electron chi connectivity index (χ4n) is 4.10. The number of halogens is 3. The van der Waals surface area contributed by atoms with Crippen molar-refractivity contribution in [2.45, 2.75) is 6.92 Å². The summed E-state index contributed by atoms with van der Waals surface area (Å²) in [7, 11) is 0. The molecule has 1 fully saturated rings. The molecule has 0 unspecified atom stereocenters. The molecule has 1 aliphatic rings. The maximum absolute atomic E-state index is 15.8. The van der Waals surface area contributed by atoms with Gasteiger partial charge in [-0.25, -0.2) is 18.0 Å². The molecule has 1 saturated heterocycles. The van der Waals surface area contributed by atoms with E-state index >= 15 is 8.78 Å². The van der Waals surface area contributed by atoms with Crippen molar-refractivity contribution in [2.24, 2.45) is 0 Å². The predicted molar refractivity (Wildman–Crippen MR) is 116 cm³/mol. The first-order valence-corrected chi connectivity index (χ1v) is 10.2. The molecule has 33 heavy (non-hydrogen) atoms. The third-order valence-corrected chi connectivity index (χ3v) is 5.63. The third-order valence-electron chi connectivity index (χ3n) is 5.63. The monoisotopic (exact) mass is 459 g/mol. The molecular formula is C23H20F3N3O4. The summed E-state index contributed by atoms with van der Waals surface area (Å²) in [5, 5.41) is 8.99. The number of ketones is 1. The summed E-state index contributed by atoms with van der Waals surface area (Å²) < 4.78 is 45.5. The molecule has 0 aliphatic carbocycles. The number of aromatic nitrogens is 1. The number of piperazine rings is 1. The first-order valence-electron chi connectivity index (χ1n) is 10.2. The van der Waals surface area contributed by atoms with Crippen LogP contribution in [0.25, 0.3) is 16.6 Å². The maximum atomic E-state index is 15.8. The molecule has 1 N–H and O–H groups in total. The fourth-order valence-corrected chi connectivity index (χ4v) is 4.10. The van der Waals surface area contributed by atoms with Gasteiger partial charge in [-0.1, -0.05) is 0 Å². The van der Waals surface area contributed by atoms with Crippen LogP contribution in [0.2, 0.25) is 0 Å². The lowest BCUT2D eigenvalue weighted by molar-refractivity contribution is -0.118. The molecule has 0 bridgehead atoms. The Labute approximate surface area is 186 Å². The number of carbonyl (C=O) groups excluding carboxylic acids is 1. The Bertz CT molecular complexity index is 1310. The number of hydrogen-bond acceptors (Lipinski definition) is 5. The van der Waals surface area contributed by atoms with Crippen LogP contribution >= 0.6 is 0 Å². The standard InChI is InChI=1S/C23H20F3N3O4/c1-13(30)11-27-6-8-28(9-7-27)21-18(25)10-16-20(19(21)26)29(12-17(22(16)31)23(32)33)15-4-2-14(24)3-5-15/h2-5,10,12H,6-9,11H2,1H3,(H,32,33). The average molecular weight is 459 g/mol. The second-order valence-electron chi connectivity index (χ2n) is 7.91. The Balaban J connectivity index is 1.90. The molecule has 7 nitrogen and oxygen atoms in total. The Hall–Kier alpha value is -3.66. The highest BCUT2D eigenvalue weighted by Crippen LogP contribution is 2.32. The number of Topliss-reactive ketones (excluding diaryl/α,β-unsaturated/α-hetero) is 1. The largest absolute Gasteiger partial charge is 0.477 e. The zero-order chi connectivity index (χ0) is 23.9. The van der Waals surface area contributed by atoms with E-state index in [1.54, 1.807) is 0 Å². The molecule has 4 rings (SSSR count). The number of carboxylic acids is 1. The summed E-state index contributed by atoms with van der Waals surface area (Å²) in [6.45, 7) is 3.05. The fraction of sp³-hybridized carbons (Fsp3) is 0.261. The van der Waals surface area contributed by atoms with Crippen LogP contribution in [-0.4, -0.2) is 59.0 Å². The first-order chi connectivity index (χ1) is 15.7. The average Bonchev–Trinajstić information content (AvgIpc) is 2.75. The first kappa shape index (κ1) is 22.5. The van der Waals surface area contributed by atoms with Gasteiger partial charge in [0, 0.05) is 38.1 Å². The minimum atomic E-state index is -1.55. The number of hydrogen-bond donors (Lipinski definition) is 1. The molecule has 172 valence electrons. The van der Waals surface area contributed by atoms with Crippen LogP contribution in [0.3, 0.4) is 0 Å². The summed E-state index contributed by atoms with van der Waals surface area (Å²) in [4.78, 5) is 39.0. The van der Waals surface area contributed by atoms with Crippen molar-refractivity contribution < 1.29 is 27.9 Å². The number of nitrogens with zero attached hydrogens (tertiary/aromatic N) is 3. The van der Waals surface area contributed by atoms with Gasteiger partial charge in [0.2, 0.25) is 5.43 Å². The van der Waals surface area contributed by atoms with Crippen LogP contribution in [0.5, 0.6) is 0 Å². The van der Waals surface area contributed by atoms with Crippen LogP contribution < -0.4 is 10.3 Å². The second kappa shape index (κ2) is 8.70. The lowest BCUT2D eigenvalue weighted by Gasteiger charge is -2.36. The minimum absolute atomic E-state index is 0.0101. The number of anilines is 1. The van der Waals surface area contributed by atoms with Crippen molar-refractivity contribution in [3.8, 4) is 5.69 Å². The quantitative estimate of drug-likeness (QED) is 0.632. The van der Waals surface area contributed by atoms with Gasteiger partial charge in [-0.05, 0) is 37.3 Å². The van der Waals surface area contributed by atoms with Crippen LogP contribution in [0.15, 0.2) is 41.3 Å². The van der Waals surface area contributed by atoms with Gasteiger partial charge in [0.1, 0.15) is 28.7 Å². The molecule has 3 aromatic rings. The summed E-state index contributed by atoms with van der Waals surface area (Å²) in [5.41, 5.74) is -2.14. The molecule has 1 aromatic heterocycles. The Morgan fingerprint density at radius 3 is 2.24 bits per heavy atom. The number of aromatic carboxylic acids is 1. The van der Waals surface area contributed by atoms with Gasteiger partial charge in [-0.15, -0.1) is 0 Å². The third kappa shape index (κ3) is 4.21. The zero-order valence-electron chi connectivity index (χ0n) is 17.6. The van der Waals surface area contributed by atoms with E-state index in [-0.39, 0.29) is 42.3 Å². The molecule has 0 radical (unpaired) electrons. The van der Waals surface area contributed by atoms with Gasteiger partial charge in [0.25, 0.3) is 0 Å². The van der Waals surface area contributed by atoms with Gasteiger partial charge in [-0.3, -0.25) is 14.5 Å². The molecule has 0 spiro atoms. The van der Waals surface area contributed by atoms with Gasteiger partial charge < -0.3 is 14.6 Å². The van der Waals surface area contributed by atoms with E-state index in [1.807, 2.05) is 4.90 Å². The Kier molecular flexibility index (Phi) is 5.94. The topological polar surface area (TPSA) is 82.8 Å². The molecule has 2 heterocycles. The van der Waals surface area contributed by atoms with Crippen molar-refractivity contribution in [2.75, 3.05) is 37.6 Å². The summed E-state index contributed by atoms with van der Waals surface area (Å²) in [6, 6.07) is 5.65. The molecule has 2 aromatic carbocycles. The molecule has 0 amide bonds. The van der Waals surface area contributed by atoms with Crippen LogP contribution in [0.1, 0.15) is 17.3 Å². The lowest BCUT2D eigenvalue weighted by atomic mass is 10.1. The summed E-state index contributed by atoms with van der Waals surface area (Å²) >= 11 is 0. The molecular weight excluding hydrogens is 439 g/mol. The van der Waals surface area contributed by atoms with Gasteiger partial charge in [-0.2, -0.15) is 0 Å². The Morgan fingerprint density at radius 2 is 1.67 bits per heavy atom. The van der Waals surface area contributed by atoms with E-state index in [4.69, 9.17) is 0 Å². The van der Waals surface area contributed by atoms with E-state index in [0.717, 1.165) is 29.0 Å². The van der Waals surface area contributed by atoms with Crippen molar-refractivity contribution in [1.29, 1.82) is 0 Å². The van der Waals surface area contributed by atoms with E-state index in [2.05, 4.69) is 0 Å². The molecule has 1 aliphatic heterocycles. The van der Waals surface area contributed by atoms with E-state index in [9.17, 15) is 23.9 Å². The van der Waals surface area contributed by atoms with Gasteiger partial charge >= 0.3 is 5.97 Å². The summed E-state index contributed by atoms with van der Waals surface area (Å²) in [5.74, 6) is -4.14. The number of rotatable bonds is 5. The zero-order valence-corrected chi connectivity index (χ0v) is 17.6. The van der Waals surface area contributed by atoms with Crippen molar-refractivity contribution >= 4 is 28.3 Å². The highest BCUT2D eigenvalue weighted by molar-refractivity contribution is 5.94. The molecule has 0 saturated carbocycles. The SMILES string of the molecule is CC(=O)CN1CCN(c2c(F)cc3c(=O)c(C(=O)O)cn(-c4ccc(F)cc4)c3c2F)CC1. The Morgan fingerprint density at radius 1 is 1.03 bits per heavy atom. The lowest BCUT2D eigenvalue weighted by Crippen LogP contribution is -2.48. The molecule has 10 heteroatoms. The van der Waals surface area contributed by atoms with Crippen LogP contribution in [0.4, 0.5) is 18.9 Å². The van der Waals surface area contributed by atoms with Crippen molar-refractivity contribution in [3.05, 3.63) is 69.8 Å². The van der Waals surface area contributed by atoms with E-state index < -0.39 is 39.8 Å². The number of carboxylic acid groups (broad SMARTS) is 1.